The van der Waals surface area contributed by atoms with E-state index < -0.39 is 40.5 Å². The molecule has 1 atom stereocenters. The van der Waals surface area contributed by atoms with Gasteiger partial charge in [0.1, 0.15) is 5.54 Å². The van der Waals surface area contributed by atoms with Crippen LogP contribution < -0.4 is 0 Å². The molecule has 2 aromatic carbocycles. The Bertz CT molecular complexity index is 1150. The van der Waals surface area contributed by atoms with E-state index >= 15 is 0 Å². The van der Waals surface area contributed by atoms with Crippen molar-refractivity contribution in [2.45, 2.75) is 68.4 Å². The number of carbonyl (C=O) groups is 1. The fourth-order valence-electron chi connectivity index (χ4n) is 5.25. The second-order valence-electron chi connectivity index (χ2n) is 9.88. The molecule has 1 heterocycles. The van der Waals surface area contributed by atoms with Gasteiger partial charge in [0.2, 0.25) is 5.91 Å². The van der Waals surface area contributed by atoms with Crippen molar-refractivity contribution in [1.29, 1.82) is 5.26 Å². The van der Waals surface area contributed by atoms with E-state index in [0.29, 0.717) is 50.8 Å². The summed E-state index contributed by atoms with van der Waals surface area (Å²) in [6.07, 6.45) is -8.81. The minimum Gasteiger partial charge on any atom is -0.373 e. The van der Waals surface area contributed by atoms with Gasteiger partial charge in [0, 0.05) is 18.4 Å². The predicted molar refractivity (Wildman–Crippen MR) is 122 cm³/mol. The summed E-state index contributed by atoms with van der Waals surface area (Å²) in [7, 11) is 0. The Kier molecular flexibility index (Phi) is 7.06. The number of hydrogen-bond donors (Lipinski definition) is 0. The summed E-state index contributed by atoms with van der Waals surface area (Å²) in [4.78, 5) is 13.7. The summed E-state index contributed by atoms with van der Waals surface area (Å²) < 4.78 is 86.0. The van der Waals surface area contributed by atoms with Crippen molar-refractivity contribution in [3.8, 4) is 6.07 Å². The van der Waals surface area contributed by atoms with Crippen LogP contribution in [0.3, 0.4) is 0 Å². The number of rotatable bonds is 6. The van der Waals surface area contributed by atoms with E-state index in [1.54, 1.807) is 4.90 Å². The number of amides is 1. The zero-order valence-electron chi connectivity index (χ0n) is 20.1. The molecule has 0 radical (unpaired) electrons. The number of β-lactam (4-membered cyclic amide) rings is 1. The van der Waals surface area contributed by atoms with Crippen LogP contribution in [0.25, 0.3) is 0 Å². The number of alkyl halides is 6. The van der Waals surface area contributed by atoms with E-state index in [0.717, 1.165) is 5.56 Å². The zero-order chi connectivity index (χ0) is 27.1. The predicted octanol–water partition coefficient (Wildman–Crippen LogP) is 6.81. The Morgan fingerprint density at radius 1 is 0.973 bits per heavy atom. The Labute approximate surface area is 210 Å². The number of carbonyl (C=O) groups excluding carboxylic acids is 1. The van der Waals surface area contributed by atoms with E-state index in [4.69, 9.17) is 4.74 Å². The first kappa shape index (κ1) is 27.0. The monoisotopic (exact) mass is 524 g/mol. The third-order valence-corrected chi connectivity index (χ3v) is 7.68. The maximum absolute atomic E-state index is 13.3. The molecule has 4 rings (SSSR count). The second-order valence-corrected chi connectivity index (χ2v) is 9.88. The Morgan fingerprint density at radius 2 is 1.54 bits per heavy atom. The van der Waals surface area contributed by atoms with Gasteiger partial charge in [-0.1, -0.05) is 30.3 Å². The summed E-state index contributed by atoms with van der Waals surface area (Å²) in [6.45, 7) is 1.98. The smallest absolute Gasteiger partial charge is 0.373 e. The molecule has 2 fully saturated rings. The maximum Gasteiger partial charge on any atom is 0.416 e. The van der Waals surface area contributed by atoms with Crippen molar-refractivity contribution in [2.24, 2.45) is 0 Å². The first-order chi connectivity index (χ1) is 17.3. The lowest BCUT2D eigenvalue weighted by molar-refractivity contribution is -0.148. The van der Waals surface area contributed by atoms with E-state index in [1.807, 2.05) is 30.3 Å². The standard InChI is InChI=1S/C27H26F6N2O2/c1-18(19-13-21(26(28,29)30)15-22(14-19)27(31,32)33)37-17-24(20-5-3-2-4-6-20)8-10-25(16-34,11-9-24)35-12-7-23(35)36/h2-6,13-15,18H,7-12,17H2,1H3/t18-,24-,25+/m1/s1. The van der Waals surface area contributed by atoms with Gasteiger partial charge in [-0.05, 0) is 61.9 Å². The number of likely N-dealkylation sites (tertiary alicyclic amines) is 1. The van der Waals surface area contributed by atoms with E-state index in [-0.39, 0.29) is 24.1 Å². The van der Waals surface area contributed by atoms with Crippen LogP contribution >= 0.6 is 0 Å². The molecule has 2 aliphatic rings. The molecule has 0 unspecified atom stereocenters. The van der Waals surface area contributed by atoms with Gasteiger partial charge in [0.15, 0.2) is 0 Å². The van der Waals surface area contributed by atoms with Crippen LogP contribution in [0, 0.1) is 11.3 Å². The molecule has 4 nitrogen and oxygen atoms in total. The molecule has 37 heavy (non-hydrogen) atoms. The minimum absolute atomic E-state index is 0.0330. The highest BCUT2D eigenvalue weighted by Gasteiger charge is 2.51. The molecule has 2 aromatic rings. The van der Waals surface area contributed by atoms with Gasteiger partial charge in [-0.3, -0.25) is 4.79 Å². The third kappa shape index (κ3) is 5.33. The average molecular weight is 525 g/mol. The number of halogens is 6. The van der Waals surface area contributed by atoms with Crippen LogP contribution in [0.4, 0.5) is 26.3 Å². The van der Waals surface area contributed by atoms with E-state index in [2.05, 4.69) is 6.07 Å². The highest BCUT2D eigenvalue weighted by molar-refractivity contribution is 5.83. The maximum atomic E-state index is 13.3. The summed E-state index contributed by atoms with van der Waals surface area (Å²) in [5, 5.41) is 9.93. The van der Waals surface area contributed by atoms with Gasteiger partial charge < -0.3 is 9.64 Å². The highest BCUT2D eigenvalue weighted by atomic mass is 19.4. The number of hydrogen-bond acceptors (Lipinski definition) is 3. The molecule has 1 saturated carbocycles. The molecule has 0 aromatic heterocycles. The van der Waals surface area contributed by atoms with Crippen LogP contribution in [-0.2, 0) is 27.3 Å². The molecule has 1 aliphatic heterocycles. The topological polar surface area (TPSA) is 53.3 Å². The molecule has 0 bridgehead atoms. The second kappa shape index (κ2) is 9.67. The molecular weight excluding hydrogens is 498 g/mol. The molecule has 0 N–H and O–H groups in total. The minimum atomic E-state index is -4.95. The molecular formula is C27H26F6N2O2. The lowest BCUT2D eigenvalue weighted by Gasteiger charge is -2.51. The van der Waals surface area contributed by atoms with Gasteiger partial charge in [-0.2, -0.15) is 31.6 Å². The fraction of sp³-hybridized carbons (Fsp3) is 0.481. The first-order valence-electron chi connectivity index (χ1n) is 12.0. The molecule has 1 saturated heterocycles. The van der Waals surface area contributed by atoms with Crippen molar-refractivity contribution in [3.05, 3.63) is 70.8 Å². The lowest BCUT2D eigenvalue weighted by Crippen LogP contribution is -2.60. The van der Waals surface area contributed by atoms with Crippen LogP contribution in [0.15, 0.2) is 48.5 Å². The van der Waals surface area contributed by atoms with Crippen LogP contribution in [0.1, 0.15) is 67.4 Å². The fourth-order valence-corrected chi connectivity index (χ4v) is 5.25. The molecule has 1 aliphatic carbocycles. The van der Waals surface area contributed by atoms with Gasteiger partial charge in [-0.25, -0.2) is 0 Å². The summed E-state index contributed by atoms with van der Waals surface area (Å²) in [6, 6.07) is 13.1. The van der Waals surface area contributed by atoms with Gasteiger partial charge in [0.05, 0.1) is 29.9 Å². The number of nitrogens with zero attached hydrogens (tertiary/aromatic N) is 2. The van der Waals surface area contributed by atoms with Crippen LogP contribution in [0.2, 0.25) is 0 Å². The van der Waals surface area contributed by atoms with Gasteiger partial charge >= 0.3 is 12.4 Å². The largest absolute Gasteiger partial charge is 0.416 e. The molecule has 0 spiro atoms. The first-order valence-corrected chi connectivity index (χ1v) is 12.0. The van der Waals surface area contributed by atoms with E-state index in [9.17, 15) is 36.4 Å². The molecule has 10 heteroatoms. The number of ether oxygens (including phenoxy) is 1. The Balaban J connectivity index is 1.59. The average Bonchev–Trinajstić information content (AvgIpc) is 2.86. The normalized spacial score (nSPS) is 25.4. The molecule has 1 amide bonds. The van der Waals surface area contributed by atoms with Crippen molar-refractivity contribution in [3.63, 3.8) is 0 Å². The van der Waals surface area contributed by atoms with Crippen LogP contribution in [-0.4, -0.2) is 29.5 Å². The summed E-state index contributed by atoms with van der Waals surface area (Å²) in [5.74, 6) is -0.0661. The van der Waals surface area contributed by atoms with Crippen molar-refractivity contribution >= 4 is 5.91 Å². The van der Waals surface area contributed by atoms with Crippen molar-refractivity contribution in [1.82, 2.24) is 4.90 Å². The quantitative estimate of drug-likeness (QED) is 0.308. The van der Waals surface area contributed by atoms with E-state index in [1.165, 1.54) is 6.92 Å². The summed E-state index contributed by atoms with van der Waals surface area (Å²) in [5.41, 5.74) is -3.62. The summed E-state index contributed by atoms with van der Waals surface area (Å²) >= 11 is 0. The van der Waals surface area contributed by atoms with Crippen molar-refractivity contribution < 1.29 is 35.9 Å². The van der Waals surface area contributed by atoms with Crippen molar-refractivity contribution in [2.75, 3.05) is 13.2 Å². The highest BCUT2D eigenvalue weighted by Crippen LogP contribution is 2.47. The number of benzene rings is 2. The third-order valence-electron chi connectivity index (χ3n) is 7.68. The zero-order valence-corrected chi connectivity index (χ0v) is 20.1. The SMILES string of the molecule is C[C@@H](OC[C@]1(c2ccccc2)CC[C@@](C#N)(N2CCC2=O)CC1)c1cc(C(F)(F)F)cc(C(F)(F)F)c1. The Hall–Kier alpha value is -3.06. The molecule has 198 valence electrons. The van der Waals surface area contributed by atoms with Crippen LogP contribution in [0.5, 0.6) is 0 Å². The number of nitriles is 1. The lowest BCUT2D eigenvalue weighted by atomic mass is 9.64. The van der Waals surface area contributed by atoms with Gasteiger partial charge in [-0.15, -0.1) is 0 Å². The van der Waals surface area contributed by atoms with Gasteiger partial charge in [0.25, 0.3) is 0 Å². The Morgan fingerprint density at radius 3 is 1.97 bits per heavy atom.